The fraction of sp³-hybridized carbons (Fsp3) is 0.688. The minimum absolute atomic E-state index is 0.0426. The monoisotopic (exact) mass is 290 g/mol. The molecule has 2 fully saturated rings. The standard InChI is InChI=1S/C16H22N2O3/c19-16(13-9-11-3-1-2-4-12(11)17-13)18-6-8-21-15-10-20-7-5-14(15)18/h9,14-15,17H,1-8,10H2/t14-,15+/m0/s1. The Morgan fingerprint density at radius 2 is 2.19 bits per heavy atom. The fourth-order valence-corrected chi connectivity index (χ4v) is 3.81. The van der Waals surface area contributed by atoms with E-state index in [-0.39, 0.29) is 18.1 Å². The number of aromatic amines is 1. The summed E-state index contributed by atoms with van der Waals surface area (Å²) in [5.41, 5.74) is 3.36. The number of H-pyrrole nitrogens is 1. The second-order valence-electron chi connectivity index (χ2n) is 6.23. The van der Waals surface area contributed by atoms with Crippen LogP contribution < -0.4 is 0 Å². The lowest BCUT2D eigenvalue weighted by atomic mass is 9.98. The van der Waals surface area contributed by atoms with Crippen LogP contribution in [0.2, 0.25) is 0 Å². The van der Waals surface area contributed by atoms with Crippen LogP contribution >= 0.6 is 0 Å². The predicted octanol–water partition coefficient (Wildman–Crippen LogP) is 1.52. The molecule has 2 aliphatic heterocycles. The number of hydrogen-bond acceptors (Lipinski definition) is 3. The molecule has 21 heavy (non-hydrogen) atoms. The third kappa shape index (κ3) is 2.38. The maximum Gasteiger partial charge on any atom is 0.270 e. The average Bonchev–Trinajstić information content (AvgIpc) is 2.97. The van der Waals surface area contributed by atoms with Crippen molar-refractivity contribution in [3.8, 4) is 0 Å². The van der Waals surface area contributed by atoms with Crippen LogP contribution in [0.3, 0.4) is 0 Å². The first-order valence-electron chi connectivity index (χ1n) is 8.04. The van der Waals surface area contributed by atoms with Crippen LogP contribution in [0.25, 0.3) is 0 Å². The number of carbonyl (C=O) groups is 1. The molecule has 0 spiro atoms. The van der Waals surface area contributed by atoms with E-state index >= 15 is 0 Å². The maximum atomic E-state index is 12.9. The van der Waals surface area contributed by atoms with E-state index in [0.29, 0.717) is 19.8 Å². The molecule has 5 nitrogen and oxygen atoms in total. The van der Waals surface area contributed by atoms with E-state index in [1.807, 2.05) is 4.90 Å². The van der Waals surface area contributed by atoms with Gasteiger partial charge in [-0.3, -0.25) is 4.79 Å². The minimum atomic E-state index is 0.0426. The molecule has 4 rings (SSSR count). The van der Waals surface area contributed by atoms with E-state index in [0.717, 1.165) is 31.6 Å². The highest BCUT2D eigenvalue weighted by Gasteiger charge is 2.38. The molecule has 1 aromatic heterocycles. The Morgan fingerprint density at radius 3 is 3.10 bits per heavy atom. The highest BCUT2D eigenvalue weighted by molar-refractivity contribution is 5.93. The van der Waals surface area contributed by atoms with E-state index in [9.17, 15) is 4.79 Å². The van der Waals surface area contributed by atoms with E-state index in [2.05, 4.69) is 11.1 Å². The SMILES string of the molecule is O=C(c1cc2c([nH]1)CCCC2)N1CCO[C@@H]2COCC[C@@H]21. The van der Waals surface area contributed by atoms with Gasteiger partial charge in [-0.2, -0.15) is 0 Å². The summed E-state index contributed by atoms with van der Waals surface area (Å²) in [7, 11) is 0. The number of ether oxygens (including phenoxy) is 2. The number of nitrogens with zero attached hydrogens (tertiary/aromatic N) is 1. The van der Waals surface area contributed by atoms with Crippen LogP contribution in [-0.4, -0.2) is 54.3 Å². The molecule has 114 valence electrons. The third-order valence-electron chi connectivity index (χ3n) is 4.94. The normalized spacial score (nSPS) is 28.9. The Labute approximate surface area is 124 Å². The first kappa shape index (κ1) is 13.3. The molecule has 2 saturated heterocycles. The molecular weight excluding hydrogens is 268 g/mol. The van der Waals surface area contributed by atoms with Crippen molar-refractivity contribution in [2.45, 2.75) is 44.2 Å². The smallest absolute Gasteiger partial charge is 0.270 e. The number of aromatic nitrogens is 1. The summed E-state index contributed by atoms with van der Waals surface area (Å²) in [6.07, 6.45) is 5.55. The van der Waals surface area contributed by atoms with Crippen LogP contribution in [-0.2, 0) is 22.3 Å². The van der Waals surface area contributed by atoms with Crippen molar-refractivity contribution in [1.82, 2.24) is 9.88 Å². The summed E-state index contributed by atoms with van der Waals surface area (Å²) in [5, 5.41) is 0. The topological polar surface area (TPSA) is 54.6 Å². The maximum absolute atomic E-state index is 12.9. The zero-order chi connectivity index (χ0) is 14.2. The van der Waals surface area contributed by atoms with Crippen molar-refractivity contribution in [3.63, 3.8) is 0 Å². The molecule has 0 unspecified atom stereocenters. The Kier molecular flexibility index (Phi) is 3.47. The molecule has 0 aromatic carbocycles. The van der Waals surface area contributed by atoms with Gasteiger partial charge < -0.3 is 19.4 Å². The first-order chi connectivity index (χ1) is 10.3. The predicted molar refractivity (Wildman–Crippen MR) is 77.4 cm³/mol. The number of carbonyl (C=O) groups excluding carboxylic acids is 1. The molecule has 0 radical (unpaired) electrons. The Balaban J connectivity index is 1.57. The fourth-order valence-electron chi connectivity index (χ4n) is 3.81. The molecule has 0 bridgehead atoms. The van der Waals surface area contributed by atoms with Crippen LogP contribution in [0.1, 0.15) is 41.0 Å². The van der Waals surface area contributed by atoms with Gasteiger partial charge in [0.1, 0.15) is 11.8 Å². The average molecular weight is 290 g/mol. The third-order valence-corrected chi connectivity index (χ3v) is 4.94. The highest BCUT2D eigenvalue weighted by Crippen LogP contribution is 2.26. The van der Waals surface area contributed by atoms with Gasteiger partial charge >= 0.3 is 0 Å². The van der Waals surface area contributed by atoms with Gasteiger partial charge in [-0.1, -0.05) is 0 Å². The zero-order valence-corrected chi connectivity index (χ0v) is 12.3. The number of morpholine rings is 1. The second kappa shape index (κ2) is 5.46. The quantitative estimate of drug-likeness (QED) is 0.853. The van der Waals surface area contributed by atoms with Crippen molar-refractivity contribution >= 4 is 5.91 Å². The molecule has 1 aromatic rings. The van der Waals surface area contributed by atoms with Gasteiger partial charge in [0.25, 0.3) is 5.91 Å². The van der Waals surface area contributed by atoms with Crippen molar-refractivity contribution < 1.29 is 14.3 Å². The van der Waals surface area contributed by atoms with Gasteiger partial charge in [-0.25, -0.2) is 0 Å². The van der Waals surface area contributed by atoms with E-state index in [4.69, 9.17) is 9.47 Å². The highest BCUT2D eigenvalue weighted by atomic mass is 16.5. The second-order valence-corrected chi connectivity index (χ2v) is 6.23. The van der Waals surface area contributed by atoms with Gasteiger partial charge in [0.05, 0.1) is 19.3 Å². The largest absolute Gasteiger partial charge is 0.379 e. The number of rotatable bonds is 1. The Morgan fingerprint density at radius 1 is 1.29 bits per heavy atom. The van der Waals surface area contributed by atoms with Crippen LogP contribution in [0.15, 0.2) is 6.07 Å². The summed E-state index contributed by atoms with van der Waals surface area (Å²) in [4.78, 5) is 18.2. The summed E-state index contributed by atoms with van der Waals surface area (Å²) in [5.74, 6) is 0.129. The van der Waals surface area contributed by atoms with Gasteiger partial charge in [-0.05, 0) is 43.7 Å². The van der Waals surface area contributed by atoms with Crippen molar-refractivity contribution in [2.24, 2.45) is 0 Å². The molecule has 0 saturated carbocycles. The Bertz CT molecular complexity index is 514. The molecule has 1 N–H and O–H groups in total. The number of nitrogens with one attached hydrogen (secondary N) is 1. The van der Waals surface area contributed by atoms with Crippen LogP contribution in [0.5, 0.6) is 0 Å². The van der Waals surface area contributed by atoms with Gasteiger partial charge in [-0.15, -0.1) is 0 Å². The van der Waals surface area contributed by atoms with Gasteiger partial charge in [0.15, 0.2) is 0 Å². The molecule has 1 amide bonds. The van der Waals surface area contributed by atoms with Gasteiger partial charge in [0, 0.05) is 18.8 Å². The lowest BCUT2D eigenvalue weighted by Crippen LogP contribution is -2.57. The van der Waals surface area contributed by atoms with E-state index in [1.165, 1.54) is 24.1 Å². The Hall–Kier alpha value is -1.33. The van der Waals surface area contributed by atoms with E-state index < -0.39 is 0 Å². The summed E-state index contributed by atoms with van der Waals surface area (Å²) < 4.78 is 11.2. The van der Waals surface area contributed by atoms with Crippen molar-refractivity contribution in [3.05, 3.63) is 23.0 Å². The van der Waals surface area contributed by atoms with E-state index in [1.54, 1.807) is 0 Å². The lowest BCUT2D eigenvalue weighted by Gasteiger charge is -2.43. The summed E-state index contributed by atoms with van der Waals surface area (Å²) >= 11 is 0. The molecule has 3 aliphatic rings. The molecule has 1 aliphatic carbocycles. The zero-order valence-electron chi connectivity index (χ0n) is 12.3. The number of amides is 1. The van der Waals surface area contributed by atoms with Crippen molar-refractivity contribution in [2.75, 3.05) is 26.4 Å². The van der Waals surface area contributed by atoms with Crippen molar-refractivity contribution in [1.29, 1.82) is 0 Å². The number of aryl methyl sites for hydroxylation is 2. The number of fused-ring (bicyclic) bond motifs is 2. The minimum Gasteiger partial charge on any atom is -0.379 e. The first-order valence-corrected chi connectivity index (χ1v) is 8.04. The van der Waals surface area contributed by atoms with Crippen LogP contribution in [0.4, 0.5) is 0 Å². The summed E-state index contributed by atoms with van der Waals surface area (Å²) in [6, 6.07) is 2.24. The molecular formula is C16H22N2O3. The van der Waals surface area contributed by atoms with Crippen LogP contribution in [0, 0.1) is 0 Å². The number of hydrogen-bond donors (Lipinski definition) is 1. The molecule has 5 heteroatoms. The van der Waals surface area contributed by atoms with Gasteiger partial charge in [0.2, 0.25) is 0 Å². The summed E-state index contributed by atoms with van der Waals surface area (Å²) in [6.45, 7) is 2.62. The molecule has 2 atom stereocenters. The lowest BCUT2D eigenvalue weighted by molar-refractivity contribution is -0.124. The molecule has 3 heterocycles.